The number of ether oxygens (including phenoxy) is 1. The zero-order valence-electron chi connectivity index (χ0n) is 36.7. The number of carboxylic acids is 1. The summed E-state index contributed by atoms with van der Waals surface area (Å²) in [7, 11) is 0. The smallest absolute Gasteiger partial charge is 0.336 e. The van der Waals surface area contributed by atoms with E-state index in [4.69, 9.17) is 4.74 Å². The first kappa shape index (κ1) is 47.2. The maximum absolute atomic E-state index is 13.5. The average Bonchev–Trinajstić information content (AvgIpc) is 4.01. The van der Waals surface area contributed by atoms with Crippen LogP contribution in [0.15, 0.2) is 85.3 Å². The Morgan fingerprint density at radius 3 is 2.47 bits per heavy atom. The van der Waals surface area contributed by atoms with Crippen molar-refractivity contribution < 1.29 is 49.4 Å². The second-order valence-electron chi connectivity index (χ2n) is 17.0. The van der Waals surface area contributed by atoms with Crippen LogP contribution in [0.25, 0.3) is 11.9 Å². The third-order valence-corrected chi connectivity index (χ3v) is 12.1. The lowest BCUT2D eigenvalue weighted by Crippen LogP contribution is -2.67. The molecule has 19 heteroatoms. The summed E-state index contributed by atoms with van der Waals surface area (Å²) in [5, 5.41) is 76.1. The second kappa shape index (κ2) is 21.0. The van der Waals surface area contributed by atoms with Crippen molar-refractivity contribution in [1.29, 1.82) is 0 Å². The molecule has 4 heterocycles. The molecule has 1 aliphatic heterocycles. The Balaban J connectivity index is 1.04. The van der Waals surface area contributed by atoms with E-state index in [2.05, 4.69) is 36.3 Å². The Morgan fingerprint density at radius 1 is 0.970 bits per heavy atom. The number of hydrogen-bond donors (Lipinski definition) is 8. The van der Waals surface area contributed by atoms with Gasteiger partial charge in [0.2, 0.25) is 5.91 Å². The number of phenolic OH excluding ortho intramolecular Hbond substituents is 1. The number of carbonyl (C=O) groups excluding carboxylic acids is 3. The predicted octanol–water partition coefficient (Wildman–Crippen LogP) is 2.87. The van der Waals surface area contributed by atoms with E-state index in [1.165, 1.54) is 27.6 Å². The summed E-state index contributed by atoms with van der Waals surface area (Å²) in [6, 6.07) is 15.6. The molecule has 3 amide bonds. The van der Waals surface area contributed by atoms with Gasteiger partial charge < -0.3 is 46.2 Å². The van der Waals surface area contributed by atoms with Gasteiger partial charge in [0.15, 0.2) is 17.1 Å². The fourth-order valence-corrected chi connectivity index (χ4v) is 8.49. The molecule has 1 saturated heterocycles. The van der Waals surface area contributed by atoms with E-state index in [1.807, 2.05) is 12.1 Å². The van der Waals surface area contributed by atoms with Gasteiger partial charge in [-0.15, -0.1) is 5.10 Å². The monoisotopic (exact) mass is 905 g/mol. The molecule has 348 valence electrons. The van der Waals surface area contributed by atoms with Crippen LogP contribution in [0.4, 0.5) is 0 Å². The minimum atomic E-state index is -2.14. The van der Waals surface area contributed by atoms with Gasteiger partial charge >= 0.3 is 5.97 Å². The normalized spacial score (nSPS) is 21.0. The summed E-state index contributed by atoms with van der Waals surface area (Å²) < 4.78 is 9.06. The summed E-state index contributed by atoms with van der Waals surface area (Å²) in [6.45, 7) is 2.59. The van der Waals surface area contributed by atoms with E-state index < -0.39 is 72.7 Å². The number of rotatable bonds is 17. The number of carboxylic acid groups (broad SMARTS) is 1. The van der Waals surface area contributed by atoms with Crippen molar-refractivity contribution >= 4 is 29.8 Å². The van der Waals surface area contributed by atoms with Gasteiger partial charge in [-0.1, -0.05) is 60.9 Å². The topological polar surface area (TPSA) is 276 Å². The summed E-state index contributed by atoms with van der Waals surface area (Å²) >= 11 is 0. The molecule has 5 aromatic rings. The number of amides is 3. The van der Waals surface area contributed by atoms with Gasteiger partial charge in [0.05, 0.1) is 23.9 Å². The van der Waals surface area contributed by atoms with Gasteiger partial charge in [-0.2, -0.15) is 5.10 Å². The molecule has 0 spiro atoms. The molecule has 8 N–H and O–H groups in total. The van der Waals surface area contributed by atoms with Gasteiger partial charge in [-0.05, 0) is 85.3 Å². The molecule has 2 aromatic carbocycles. The first-order chi connectivity index (χ1) is 31.7. The molecular formula is C47H55N9O10. The van der Waals surface area contributed by atoms with Gasteiger partial charge in [0.1, 0.15) is 24.5 Å². The van der Waals surface area contributed by atoms with Crippen LogP contribution in [-0.4, -0.2) is 122 Å². The molecule has 66 heavy (non-hydrogen) atoms. The fourth-order valence-electron chi connectivity index (χ4n) is 8.49. The molecule has 0 radical (unpaired) electrons. The zero-order valence-corrected chi connectivity index (χ0v) is 36.7. The lowest BCUT2D eigenvalue weighted by Gasteiger charge is -2.47. The summed E-state index contributed by atoms with van der Waals surface area (Å²) in [5.74, 6) is -2.29. The average molecular weight is 906 g/mol. The number of aliphatic carboxylic acids is 1. The third-order valence-electron chi connectivity index (χ3n) is 12.1. The number of benzene rings is 2. The van der Waals surface area contributed by atoms with Gasteiger partial charge in [0, 0.05) is 56.0 Å². The highest BCUT2D eigenvalue weighted by Crippen LogP contribution is 2.36. The number of phenols is 1. The highest BCUT2D eigenvalue weighted by atomic mass is 16.6. The largest absolute Gasteiger partial charge is 0.507 e. The van der Waals surface area contributed by atoms with E-state index >= 15 is 0 Å². The Labute approximate surface area is 380 Å². The maximum atomic E-state index is 13.5. The van der Waals surface area contributed by atoms with Gasteiger partial charge in [-0.25, -0.2) is 19.1 Å². The van der Waals surface area contributed by atoms with Crippen molar-refractivity contribution in [3.05, 3.63) is 125 Å². The van der Waals surface area contributed by atoms with Crippen LogP contribution >= 0.6 is 0 Å². The van der Waals surface area contributed by atoms with E-state index in [-0.39, 0.29) is 42.4 Å². The van der Waals surface area contributed by atoms with Crippen molar-refractivity contribution in [3.63, 3.8) is 0 Å². The lowest BCUT2D eigenvalue weighted by atomic mass is 9.81. The number of aromatic nitrogens is 6. The van der Waals surface area contributed by atoms with Crippen LogP contribution in [0.3, 0.4) is 0 Å². The Kier molecular flexibility index (Phi) is 15.0. The molecule has 1 saturated carbocycles. The summed E-state index contributed by atoms with van der Waals surface area (Å²) in [5.41, 5.74) is 1.33. The molecule has 2 fully saturated rings. The number of aryl methyl sites for hydroxylation is 2. The number of nitrogens with zero attached hydrogens (tertiary/aromatic N) is 6. The predicted molar refractivity (Wildman–Crippen MR) is 238 cm³/mol. The molecule has 0 unspecified atom stereocenters. The highest BCUT2D eigenvalue weighted by molar-refractivity contribution is 5.95. The molecule has 3 aromatic heterocycles. The molecule has 6 atom stereocenters. The summed E-state index contributed by atoms with van der Waals surface area (Å²) in [4.78, 5) is 56.9. The molecule has 1 aliphatic carbocycles. The van der Waals surface area contributed by atoms with Crippen molar-refractivity contribution in [1.82, 2.24) is 45.7 Å². The van der Waals surface area contributed by atoms with Crippen LogP contribution < -0.4 is 16.0 Å². The molecule has 0 bridgehead atoms. The number of nitrogens with one attached hydrogen (secondary N) is 3. The minimum absolute atomic E-state index is 0.0332. The first-order valence-corrected chi connectivity index (χ1v) is 21.9. The standard InChI is InChI=1S/C47H55N9O10/c1-28-20-33(21-29(2)41(28)60)44(62)50-25-37(58)42(61)43-40(51-39(59)27-55-26-35(52-54-55)32-13-4-3-5-14-32)36(57)23-47(66-43,46(64)65)17-9-12-30-10-8-11-31(22-30)24-49-45(63)34-16-19-56(53-34)38-15-6-7-18-48-38/h6-12,15-16,18-22,26,32,36-37,40,42-43,57-58,60-61H,3-5,13-14,17,23-25,27H2,1-2H3,(H,49,63)(H,50,62)(H,51,59)(H,64,65)/b12-9+/t36-,37+,40+,42+,43+,47+/m0/s1. The van der Waals surface area contributed by atoms with Crippen molar-refractivity contribution in [2.45, 2.75) is 114 Å². The number of aliphatic hydroxyl groups is 3. The molecular weight excluding hydrogens is 851 g/mol. The maximum Gasteiger partial charge on any atom is 0.336 e. The van der Waals surface area contributed by atoms with Crippen molar-refractivity contribution in [2.75, 3.05) is 6.54 Å². The van der Waals surface area contributed by atoms with Gasteiger partial charge in [0.25, 0.3) is 11.8 Å². The van der Waals surface area contributed by atoms with Crippen LogP contribution in [0.2, 0.25) is 0 Å². The Hall–Kier alpha value is -6.80. The second-order valence-corrected chi connectivity index (χ2v) is 17.0. The Bertz CT molecular complexity index is 2520. The van der Waals surface area contributed by atoms with E-state index in [0.717, 1.165) is 43.4 Å². The summed E-state index contributed by atoms with van der Waals surface area (Å²) in [6.07, 6.45) is 5.62. The quantitative estimate of drug-likeness (QED) is 0.0667. The van der Waals surface area contributed by atoms with Crippen LogP contribution in [0.1, 0.15) is 99.7 Å². The number of aromatic hydroxyl groups is 1. The number of hydrogen-bond acceptors (Lipinski definition) is 13. The first-order valence-electron chi connectivity index (χ1n) is 21.9. The van der Waals surface area contributed by atoms with E-state index in [0.29, 0.717) is 22.5 Å². The SMILES string of the molecule is Cc1cc(C(=O)NC[C@@H](O)[C@@H](O)[C@@H]2O[C@@](C/C=C/c3cccc(CNC(=O)c4ccn(-c5ccccn5)n4)c3)(C(=O)O)C[C@H](O)[C@H]2NC(=O)Cn2cc(C3CCCCC3)nn2)cc(C)c1O. The molecule has 2 aliphatic rings. The lowest BCUT2D eigenvalue weighted by molar-refractivity contribution is -0.226. The van der Waals surface area contributed by atoms with Crippen molar-refractivity contribution in [2.24, 2.45) is 0 Å². The molecule has 7 rings (SSSR count). The Morgan fingerprint density at radius 2 is 1.74 bits per heavy atom. The van der Waals surface area contributed by atoms with Crippen LogP contribution in [0, 0.1) is 13.8 Å². The van der Waals surface area contributed by atoms with Gasteiger partial charge in [-0.3, -0.25) is 14.4 Å². The number of carbonyl (C=O) groups is 4. The van der Waals surface area contributed by atoms with Crippen molar-refractivity contribution in [3.8, 4) is 11.6 Å². The van der Waals surface area contributed by atoms with E-state index in [9.17, 15) is 44.7 Å². The number of aliphatic hydroxyl groups excluding tert-OH is 3. The zero-order chi connectivity index (χ0) is 47.0. The highest BCUT2D eigenvalue weighted by Gasteiger charge is 2.54. The fraction of sp³-hybridized carbons (Fsp3) is 0.404. The number of pyridine rings is 1. The third kappa shape index (κ3) is 11.3. The van der Waals surface area contributed by atoms with E-state index in [1.54, 1.807) is 74.9 Å². The molecule has 19 nitrogen and oxygen atoms in total. The van der Waals surface area contributed by atoms with Crippen LogP contribution in [-0.2, 0) is 27.4 Å². The minimum Gasteiger partial charge on any atom is -0.507 e. The van der Waals surface area contributed by atoms with Crippen LogP contribution in [0.5, 0.6) is 5.75 Å².